The number of halogens is 1. The molecule has 0 bridgehead atoms. The highest BCUT2D eigenvalue weighted by Crippen LogP contribution is 2.28. The van der Waals surface area contributed by atoms with Gasteiger partial charge < -0.3 is 20.7 Å². The number of methoxy groups -OCH3 is 1. The van der Waals surface area contributed by atoms with Crippen LogP contribution in [0.15, 0.2) is 36.5 Å². The molecule has 3 N–H and O–H groups in total. The van der Waals surface area contributed by atoms with E-state index in [0.717, 1.165) is 9.98 Å². The number of hydrogen-bond acceptors (Lipinski definition) is 10. The summed E-state index contributed by atoms with van der Waals surface area (Å²) in [6.07, 6.45) is 1.80. The Morgan fingerprint density at radius 1 is 1.12 bits per heavy atom. The number of nitrogens with zero attached hydrogens (tertiary/aromatic N) is 4. The maximum atomic E-state index is 12.8. The van der Waals surface area contributed by atoms with Gasteiger partial charge in [-0.15, -0.1) is 0 Å². The van der Waals surface area contributed by atoms with Gasteiger partial charge in [-0.3, -0.25) is 9.59 Å². The minimum absolute atomic E-state index is 0.247. The van der Waals surface area contributed by atoms with Gasteiger partial charge in [0.15, 0.2) is 5.13 Å². The molecule has 180 valence electrons. The third-order valence-electron chi connectivity index (χ3n) is 4.64. The molecule has 0 aliphatic heterocycles. The second-order valence-corrected chi connectivity index (χ2v) is 8.58. The molecule has 0 saturated carbocycles. The standard InChI is InChI=1S/C22H26ClN7O3S/c1-14-6-4-5-7-16(14)30(23)21(32)17-13-26-22(34-17)29-19-12-18(27-15(2)28-19)25-11-10-24-9-8-20(31)33-3/h4-7,12-13,24H,8-11H2,1-3H3,(H2,25,26,27,28,29). The summed E-state index contributed by atoms with van der Waals surface area (Å²) < 4.78 is 5.70. The van der Waals surface area contributed by atoms with Gasteiger partial charge in [-0.05, 0) is 25.5 Å². The molecule has 0 aliphatic rings. The zero-order chi connectivity index (χ0) is 24.5. The van der Waals surface area contributed by atoms with Crippen molar-refractivity contribution < 1.29 is 14.3 Å². The number of anilines is 4. The second kappa shape index (κ2) is 12.3. The molecule has 3 aromatic rings. The summed E-state index contributed by atoms with van der Waals surface area (Å²) in [5, 5.41) is 9.98. The number of amides is 1. The van der Waals surface area contributed by atoms with E-state index < -0.39 is 0 Å². The van der Waals surface area contributed by atoms with E-state index in [9.17, 15) is 9.59 Å². The number of aryl methyl sites for hydroxylation is 2. The van der Waals surface area contributed by atoms with Crippen LogP contribution in [0.25, 0.3) is 0 Å². The Kier molecular flexibility index (Phi) is 9.14. The topological polar surface area (TPSA) is 121 Å². The van der Waals surface area contributed by atoms with E-state index in [1.165, 1.54) is 24.6 Å². The van der Waals surface area contributed by atoms with E-state index in [0.29, 0.717) is 59.2 Å². The first kappa shape index (κ1) is 25.3. The van der Waals surface area contributed by atoms with Crippen molar-refractivity contribution in [3.63, 3.8) is 0 Å². The Hall–Kier alpha value is -3.28. The van der Waals surface area contributed by atoms with Crippen LogP contribution < -0.4 is 20.4 Å². The minimum Gasteiger partial charge on any atom is -0.469 e. The lowest BCUT2D eigenvalue weighted by molar-refractivity contribution is -0.140. The highest BCUT2D eigenvalue weighted by atomic mass is 35.5. The molecule has 0 aliphatic carbocycles. The van der Waals surface area contributed by atoms with E-state index in [1.54, 1.807) is 19.1 Å². The summed E-state index contributed by atoms with van der Waals surface area (Å²) in [5.41, 5.74) is 1.52. The molecule has 0 spiro atoms. The van der Waals surface area contributed by atoms with Gasteiger partial charge in [-0.25, -0.2) is 19.4 Å². The predicted molar refractivity (Wildman–Crippen MR) is 134 cm³/mol. The number of hydrogen-bond donors (Lipinski definition) is 3. The number of esters is 1. The fraction of sp³-hybridized carbons (Fsp3) is 0.318. The maximum Gasteiger partial charge on any atom is 0.306 e. The van der Waals surface area contributed by atoms with Crippen LogP contribution in [0, 0.1) is 13.8 Å². The average Bonchev–Trinajstić information content (AvgIpc) is 3.28. The van der Waals surface area contributed by atoms with E-state index in [4.69, 9.17) is 11.8 Å². The lowest BCUT2D eigenvalue weighted by Gasteiger charge is -2.14. The first-order chi connectivity index (χ1) is 16.4. The van der Waals surface area contributed by atoms with Crippen LogP contribution >= 0.6 is 23.1 Å². The molecule has 0 saturated heterocycles. The molecule has 10 nitrogen and oxygen atoms in total. The molecule has 34 heavy (non-hydrogen) atoms. The maximum absolute atomic E-state index is 12.8. The summed E-state index contributed by atoms with van der Waals surface area (Å²) in [4.78, 5) is 37.3. The molecule has 2 heterocycles. The quantitative estimate of drug-likeness (QED) is 0.204. The second-order valence-electron chi connectivity index (χ2n) is 7.22. The molecule has 0 radical (unpaired) electrons. The number of rotatable bonds is 11. The van der Waals surface area contributed by atoms with Crippen molar-refractivity contribution in [1.82, 2.24) is 20.3 Å². The largest absolute Gasteiger partial charge is 0.469 e. The highest BCUT2D eigenvalue weighted by molar-refractivity contribution is 7.17. The number of para-hydroxylation sites is 1. The van der Waals surface area contributed by atoms with Gasteiger partial charge in [0.05, 0.1) is 25.4 Å². The summed E-state index contributed by atoms with van der Waals surface area (Å²) in [5.74, 6) is 1.16. The van der Waals surface area contributed by atoms with Gasteiger partial charge in [0, 0.05) is 37.5 Å². The van der Waals surface area contributed by atoms with Crippen LogP contribution in [0.1, 0.15) is 27.5 Å². The zero-order valence-electron chi connectivity index (χ0n) is 19.1. The van der Waals surface area contributed by atoms with Crippen molar-refractivity contribution in [3.05, 3.63) is 52.8 Å². The van der Waals surface area contributed by atoms with Crippen LogP contribution in [0.5, 0.6) is 0 Å². The number of thiazole rings is 1. The average molecular weight is 504 g/mol. The van der Waals surface area contributed by atoms with Crippen molar-refractivity contribution >= 4 is 57.4 Å². The number of ether oxygens (including phenoxy) is 1. The third-order valence-corrected chi connectivity index (χ3v) is 5.87. The van der Waals surface area contributed by atoms with Crippen molar-refractivity contribution in [2.45, 2.75) is 20.3 Å². The van der Waals surface area contributed by atoms with Crippen LogP contribution in [0.2, 0.25) is 0 Å². The highest BCUT2D eigenvalue weighted by Gasteiger charge is 2.20. The molecule has 0 atom stereocenters. The van der Waals surface area contributed by atoms with Gasteiger partial charge in [0.1, 0.15) is 22.3 Å². The molecular weight excluding hydrogens is 478 g/mol. The monoisotopic (exact) mass is 503 g/mol. The van der Waals surface area contributed by atoms with Gasteiger partial charge >= 0.3 is 5.97 Å². The molecule has 3 rings (SSSR count). The van der Waals surface area contributed by atoms with E-state index in [2.05, 4.69) is 35.6 Å². The molecule has 1 aromatic carbocycles. The minimum atomic E-state index is -0.359. The number of benzene rings is 1. The third kappa shape index (κ3) is 7.11. The number of aromatic nitrogens is 3. The lowest BCUT2D eigenvalue weighted by atomic mass is 10.2. The van der Waals surface area contributed by atoms with E-state index in [1.807, 2.05) is 25.1 Å². The van der Waals surface area contributed by atoms with Gasteiger partial charge in [0.2, 0.25) is 0 Å². The molecular formula is C22H26ClN7O3S. The summed E-state index contributed by atoms with van der Waals surface area (Å²) >= 11 is 7.48. The number of carbonyl (C=O) groups is 2. The number of nitrogens with one attached hydrogen (secondary N) is 3. The molecule has 2 aromatic heterocycles. The van der Waals surface area contributed by atoms with Gasteiger partial charge in [0.25, 0.3) is 5.91 Å². The molecule has 12 heteroatoms. The van der Waals surface area contributed by atoms with Crippen molar-refractivity contribution in [1.29, 1.82) is 0 Å². The number of carbonyl (C=O) groups excluding carboxylic acids is 2. The normalized spacial score (nSPS) is 10.6. The van der Waals surface area contributed by atoms with Gasteiger partial charge in [-0.1, -0.05) is 29.5 Å². The zero-order valence-corrected chi connectivity index (χ0v) is 20.7. The Bertz CT molecular complexity index is 1140. The van der Waals surface area contributed by atoms with Crippen molar-refractivity contribution in [3.8, 4) is 0 Å². The first-order valence-corrected chi connectivity index (χ1v) is 11.7. The van der Waals surface area contributed by atoms with Crippen LogP contribution in [-0.4, -0.2) is 53.6 Å². The van der Waals surface area contributed by atoms with Crippen LogP contribution in [0.3, 0.4) is 0 Å². The Balaban J connectivity index is 1.57. The van der Waals surface area contributed by atoms with Crippen molar-refractivity contribution in [2.75, 3.05) is 41.8 Å². The summed E-state index contributed by atoms with van der Waals surface area (Å²) in [7, 11) is 1.37. The SMILES string of the molecule is COC(=O)CCNCCNc1cc(Nc2ncc(C(=O)N(Cl)c3ccccc3C)s2)nc(C)n1. The predicted octanol–water partition coefficient (Wildman–Crippen LogP) is 3.66. The van der Waals surface area contributed by atoms with Crippen LogP contribution in [0.4, 0.5) is 22.5 Å². The Labute approximate surface area is 206 Å². The Morgan fingerprint density at radius 2 is 1.88 bits per heavy atom. The molecule has 1 amide bonds. The molecule has 0 unspecified atom stereocenters. The van der Waals surface area contributed by atoms with E-state index in [-0.39, 0.29) is 11.9 Å². The first-order valence-electron chi connectivity index (χ1n) is 10.5. The van der Waals surface area contributed by atoms with Gasteiger partial charge in [-0.2, -0.15) is 0 Å². The van der Waals surface area contributed by atoms with Crippen LogP contribution in [-0.2, 0) is 9.53 Å². The summed E-state index contributed by atoms with van der Waals surface area (Å²) in [6.45, 7) is 5.47. The Morgan fingerprint density at radius 3 is 2.65 bits per heavy atom. The molecule has 0 fully saturated rings. The van der Waals surface area contributed by atoms with E-state index >= 15 is 0 Å². The smallest absolute Gasteiger partial charge is 0.306 e. The fourth-order valence-electron chi connectivity index (χ4n) is 2.95. The lowest BCUT2D eigenvalue weighted by Crippen LogP contribution is -2.25. The fourth-order valence-corrected chi connectivity index (χ4v) is 4.03. The summed E-state index contributed by atoms with van der Waals surface area (Å²) in [6, 6.07) is 9.14. The van der Waals surface area contributed by atoms with Crippen molar-refractivity contribution in [2.24, 2.45) is 0 Å².